The number of hydrogen-bond acceptors (Lipinski definition) is 2. The summed E-state index contributed by atoms with van der Waals surface area (Å²) in [5.74, 6) is 0.261. The standard InChI is InChI=1S/C14H16BrNO2/c15-11-2-3-13-10(9-11)1-4-14(17)16(13)12-5-7-18-8-6-12/h2-3,9,12H,1,4-8H2. The molecule has 96 valence electrons. The minimum atomic E-state index is 0.261. The summed E-state index contributed by atoms with van der Waals surface area (Å²) in [5, 5.41) is 0. The third-order valence-corrected chi connectivity index (χ3v) is 4.23. The second-order valence-corrected chi connectivity index (χ2v) is 5.80. The van der Waals surface area contributed by atoms with Gasteiger partial charge in [0.15, 0.2) is 0 Å². The van der Waals surface area contributed by atoms with Gasteiger partial charge in [0.05, 0.1) is 0 Å². The van der Waals surface area contributed by atoms with Crippen LogP contribution >= 0.6 is 15.9 Å². The van der Waals surface area contributed by atoms with Crippen LogP contribution in [0.15, 0.2) is 22.7 Å². The summed E-state index contributed by atoms with van der Waals surface area (Å²) in [6, 6.07) is 6.52. The Hall–Kier alpha value is -0.870. The van der Waals surface area contributed by atoms with Gasteiger partial charge in [-0.1, -0.05) is 15.9 Å². The molecule has 1 saturated heterocycles. The van der Waals surface area contributed by atoms with Gasteiger partial charge in [-0.2, -0.15) is 0 Å². The van der Waals surface area contributed by atoms with Crippen molar-refractivity contribution in [1.29, 1.82) is 0 Å². The molecule has 0 bridgehead atoms. The Balaban J connectivity index is 1.95. The maximum absolute atomic E-state index is 12.2. The van der Waals surface area contributed by atoms with E-state index >= 15 is 0 Å². The van der Waals surface area contributed by atoms with Gasteiger partial charge in [0.25, 0.3) is 0 Å². The smallest absolute Gasteiger partial charge is 0.227 e. The lowest BCUT2D eigenvalue weighted by Gasteiger charge is -2.38. The van der Waals surface area contributed by atoms with E-state index in [2.05, 4.69) is 28.1 Å². The minimum Gasteiger partial charge on any atom is -0.381 e. The number of carbonyl (C=O) groups excluding carboxylic acids is 1. The second kappa shape index (κ2) is 5.02. The van der Waals surface area contributed by atoms with Crippen LogP contribution in [0, 0.1) is 0 Å². The number of rotatable bonds is 1. The fourth-order valence-corrected chi connectivity index (χ4v) is 3.24. The van der Waals surface area contributed by atoms with Crippen LogP contribution in [-0.2, 0) is 16.0 Å². The number of amides is 1. The number of aryl methyl sites for hydroxylation is 1. The molecule has 0 aliphatic carbocycles. The molecule has 0 N–H and O–H groups in total. The Morgan fingerprint density at radius 2 is 2.00 bits per heavy atom. The molecule has 3 nitrogen and oxygen atoms in total. The van der Waals surface area contributed by atoms with E-state index in [0.29, 0.717) is 12.5 Å². The molecule has 0 unspecified atom stereocenters. The monoisotopic (exact) mass is 309 g/mol. The third-order valence-electron chi connectivity index (χ3n) is 3.73. The van der Waals surface area contributed by atoms with E-state index in [1.54, 1.807) is 0 Å². The van der Waals surface area contributed by atoms with Crippen molar-refractivity contribution in [2.45, 2.75) is 31.7 Å². The Labute approximate surface area is 115 Å². The van der Waals surface area contributed by atoms with E-state index in [-0.39, 0.29) is 5.91 Å². The maximum Gasteiger partial charge on any atom is 0.227 e. The van der Waals surface area contributed by atoms with Crippen molar-refractivity contribution in [3.63, 3.8) is 0 Å². The lowest BCUT2D eigenvalue weighted by molar-refractivity contribution is -0.119. The molecule has 3 rings (SSSR count). The van der Waals surface area contributed by atoms with Crippen LogP contribution in [0.5, 0.6) is 0 Å². The van der Waals surface area contributed by atoms with E-state index in [1.807, 2.05) is 11.0 Å². The molecule has 2 heterocycles. The quantitative estimate of drug-likeness (QED) is 0.798. The van der Waals surface area contributed by atoms with Crippen LogP contribution in [0.3, 0.4) is 0 Å². The lowest BCUT2D eigenvalue weighted by atomic mass is 9.97. The summed E-state index contributed by atoms with van der Waals surface area (Å²) < 4.78 is 6.47. The molecule has 0 radical (unpaired) electrons. The van der Waals surface area contributed by atoms with Crippen molar-refractivity contribution in [2.75, 3.05) is 18.1 Å². The van der Waals surface area contributed by atoms with Gasteiger partial charge in [-0.15, -0.1) is 0 Å². The number of hydrogen-bond donors (Lipinski definition) is 0. The number of ether oxygens (including phenoxy) is 1. The van der Waals surface area contributed by atoms with Crippen LogP contribution in [0.2, 0.25) is 0 Å². The van der Waals surface area contributed by atoms with Gasteiger partial charge < -0.3 is 9.64 Å². The zero-order valence-electron chi connectivity index (χ0n) is 10.2. The molecule has 1 fully saturated rings. The molecule has 0 atom stereocenters. The van der Waals surface area contributed by atoms with Crippen molar-refractivity contribution in [2.24, 2.45) is 0 Å². The normalized spacial score (nSPS) is 20.9. The van der Waals surface area contributed by atoms with Gasteiger partial charge in [0, 0.05) is 35.8 Å². The van der Waals surface area contributed by atoms with Gasteiger partial charge in [-0.05, 0) is 43.0 Å². The highest BCUT2D eigenvalue weighted by Gasteiger charge is 2.31. The first-order chi connectivity index (χ1) is 8.75. The summed E-state index contributed by atoms with van der Waals surface area (Å²) in [6.07, 6.45) is 3.37. The molecule has 1 aromatic carbocycles. The van der Waals surface area contributed by atoms with Crippen molar-refractivity contribution < 1.29 is 9.53 Å². The van der Waals surface area contributed by atoms with Crippen LogP contribution < -0.4 is 4.90 Å². The van der Waals surface area contributed by atoms with E-state index < -0.39 is 0 Å². The zero-order valence-corrected chi connectivity index (χ0v) is 11.8. The third kappa shape index (κ3) is 2.19. The van der Waals surface area contributed by atoms with Crippen LogP contribution in [0.25, 0.3) is 0 Å². The van der Waals surface area contributed by atoms with Gasteiger partial charge in [-0.25, -0.2) is 0 Å². The number of benzene rings is 1. The van der Waals surface area contributed by atoms with E-state index in [4.69, 9.17) is 4.74 Å². The molecule has 0 saturated carbocycles. The molecule has 0 spiro atoms. The minimum absolute atomic E-state index is 0.261. The largest absolute Gasteiger partial charge is 0.381 e. The molecule has 1 amide bonds. The molecular weight excluding hydrogens is 294 g/mol. The van der Waals surface area contributed by atoms with Gasteiger partial charge in [0.1, 0.15) is 0 Å². The Morgan fingerprint density at radius 3 is 2.78 bits per heavy atom. The fourth-order valence-electron chi connectivity index (χ4n) is 2.83. The first-order valence-electron chi connectivity index (χ1n) is 6.44. The van der Waals surface area contributed by atoms with Gasteiger partial charge >= 0.3 is 0 Å². The Kier molecular flexibility index (Phi) is 3.39. The second-order valence-electron chi connectivity index (χ2n) is 4.88. The van der Waals surface area contributed by atoms with Crippen LogP contribution in [-0.4, -0.2) is 25.2 Å². The van der Waals surface area contributed by atoms with Crippen molar-refractivity contribution in [1.82, 2.24) is 0 Å². The summed E-state index contributed by atoms with van der Waals surface area (Å²) in [4.78, 5) is 14.2. The number of nitrogens with zero attached hydrogens (tertiary/aromatic N) is 1. The molecule has 2 aliphatic heterocycles. The Morgan fingerprint density at radius 1 is 1.22 bits per heavy atom. The van der Waals surface area contributed by atoms with Gasteiger partial charge in [0.2, 0.25) is 5.91 Å². The van der Waals surface area contributed by atoms with E-state index in [1.165, 1.54) is 5.56 Å². The summed E-state index contributed by atoms with van der Waals surface area (Å²) in [7, 11) is 0. The molecular formula is C14H16BrNO2. The lowest BCUT2D eigenvalue weighted by Crippen LogP contribution is -2.45. The number of halogens is 1. The van der Waals surface area contributed by atoms with Gasteiger partial charge in [-0.3, -0.25) is 4.79 Å². The summed E-state index contributed by atoms with van der Waals surface area (Å²) >= 11 is 3.50. The first-order valence-corrected chi connectivity index (χ1v) is 7.23. The van der Waals surface area contributed by atoms with Crippen molar-refractivity contribution in [3.05, 3.63) is 28.2 Å². The van der Waals surface area contributed by atoms with Crippen molar-refractivity contribution in [3.8, 4) is 0 Å². The predicted molar refractivity (Wildman–Crippen MR) is 73.8 cm³/mol. The van der Waals surface area contributed by atoms with Crippen molar-refractivity contribution >= 4 is 27.5 Å². The highest BCUT2D eigenvalue weighted by atomic mass is 79.9. The van der Waals surface area contributed by atoms with Crippen LogP contribution in [0.4, 0.5) is 5.69 Å². The maximum atomic E-state index is 12.2. The number of carbonyl (C=O) groups is 1. The topological polar surface area (TPSA) is 29.5 Å². The molecule has 2 aliphatic rings. The average Bonchev–Trinajstić information content (AvgIpc) is 2.40. The summed E-state index contributed by atoms with van der Waals surface area (Å²) in [6.45, 7) is 1.53. The SMILES string of the molecule is O=C1CCc2cc(Br)ccc2N1C1CCOCC1. The zero-order chi connectivity index (χ0) is 12.5. The molecule has 0 aromatic heterocycles. The predicted octanol–water partition coefficient (Wildman–Crippen LogP) is 2.91. The number of anilines is 1. The summed E-state index contributed by atoms with van der Waals surface area (Å²) in [5.41, 5.74) is 2.37. The molecule has 1 aromatic rings. The van der Waals surface area contributed by atoms with Crippen LogP contribution in [0.1, 0.15) is 24.8 Å². The van der Waals surface area contributed by atoms with E-state index in [0.717, 1.165) is 42.6 Å². The first kappa shape index (κ1) is 12.2. The number of fused-ring (bicyclic) bond motifs is 1. The highest BCUT2D eigenvalue weighted by Crippen LogP contribution is 2.33. The fraction of sp³-hybridized carbons (Fsp3) is 0.500. The molecule has 4 heteroatoms. The average molecular weight is 310 g/mol. The molecule has 18 heavy (non-hydrogen) atoms. The Bertz CT molecular complexity index is 469. The highest BCUT2D eigenvalue weighted by molar-refractivity contribution is 9.10. The van der Waals surface area contributed by atoms with E-state index in [9.17, 15) is 4.79 Å².